The zero-order valence-electron chi connectivity index (χ0n) is 12.5. The molecule has 0 unspecified atom stereocenters. The summed E-state index contributed by atoms with van der Waals surface area (Å²) in [5.41, 5.74) is 0.946. The average Bonchev–Trinajstić information content (AvgIpc) is 2.44. The molecular formula is C14H21NO5S. The molecule has 0 fully saturated rings. The molecule has 1 rings (SSSR count). The predicted octanol–water partition coefficient (Wildman–Crippen LogP) is 0.797. The summed E-state index contributed by atoms with van der Waals surface area (Å²) < 4.78 is 32.3. The van der Waals surface area contributed by atoms with Crippen molar-refractivity contribution in [2.24, 2.45) is 0 Å². The lowest BCUT2D eigenvalue weighted by Gasteiger charge is -2.11. The van der Waals surface area contributed by atoms with Crippen molar-refractivity contribution in [1.82, 2.24) is 5.32 Å². The van der Waals surface area contributed by atoms with Crippen molar-refractivity contribution in [3.63, 3.8) is 0 Å². The van der Waals surface area contributed by atoms with Crippen molar-refractivity contribution >= 4 is 15.7 Å². The van der Waals surface area contributed by atoms with Crippen LogP contribution >= 0.6 is 0 Å². The smallest absolute Gasteiger partial charge is 0.221 e. The van der Waals surface area contributed by atoms with E-state index in [9.17, 15) is 13.2 Å². The average molecular weight is 315 g/mol. The lowest BCUT2D eigenvalue weighted by Crippen LogP contribution is -2.27. The molecule has 0 bridgehead atoms. The lowest BCUT2D eigenvalue weighted by molar-refractivity contribution is -0.120. The number of hydrogen-bond acceptors (Lipinski definition) is 5. The fourth-order valence-corrected chi connectivity index (χ4v) is 2.32. The van der Waals surface area contributed by atoms with Gasteiger partial charge in [0.05, 0.1) is 20.0 Å². The van der Waals surface area contributed by atoms with Crippen LogP contribution in [0.3, 0.4) is 0 Å². The van der Waals surface area contributed by atoms with E-state index in [1.54, 1.807) is 20.3 Å². The highest BCUT2D eigenvalue weighted by Gasteiger charge is 2.09. The number of methoxy groups -OCH3 is 2. The summed E-state index contributed by atoms with van der Waals surface area (Å²) in [7, 11) is 0.0427. The molecule has 0 saturated heterocycles. The number of hydrogen-bond donors (Lipinski definition) is 1. The Hall–Kier alpha value is -1.76. The number of rotatable bonds is 8. The third-order valence-electron chi connectivity index (χ3n) is 2.91. The van der Waals surface area contributed by atoms with Gasteiger partial charge in [0.15, 0.2) is 0 Å². The number of amides is 1. The first-order valence-electron chi connectivity index (χ1n) is 6.51. The SMILES string of the molecule is COc1ccc(CCNC(=O)CCS(C)(=O)=O)c(OC)c1. The summed E-state index contributed by atoms with van der Waals surface area (Å²) >= 11 is 0. The normalized spacial score (nSPS) is 11.0. The summed E-state index contributed by atoms with van der Waals surface area (Å²) in [6, 6.07) is 5.48. The molecule has 0 aliphatic rings. The third-order valence-corrected chi connectivity index (χ3v) is 3.86. The van der Waals surface area contributed by atoms with E-state index >= 15 is 0 Å². The van der Waals surface area contributed by atoms with Gasteiger partial charge in [0.25, 0.3) is 0 Å². The van der Waals surface area contributed by atoms with Crippen LogP contribution in [0.15, 0.2) is 18.2 Å². The van der Waals surface area contributed by atoms with Gasteiger partial charge in [-0.3, -0.25) is 4.79 Å². The molecule has 21 heavy (non-hydrogen) atoms. The standard InChI is InChI=1S/C14H21NO5S/c1-19-12-5-4-11(13(10-12)20-2)6-8-15-14(16)7-9-21(3,17)18/h4-5,10H,6-9H2,1-3H3,(H,15,16). The first-order valence-corrected chi connectivity index (χ1v) is 8.57. The zero-order chi connectivity index (χ0) is 15.9. The minimum atomic E-state index is -3.11. The van der Waals surface area contributed by atoms with Crippen molar-refractivity contribution in [2.75, 3.05) is 32.8 Å². The predicted molar refractivity (Wildman–Crippen MR) is 80.6 cm³/mol. The molecule has 0 saturated carbocycles. The van der Waals surface area contributed by atoms with Gasteiger partial charge in [-0.05, 0) is 18.1 Å². The number of carbonyl (C=O) groups excluding carboxylic acids is 1. The Kier molecular flexibility index (Phi) is 6.48. The van der Waals surface area contributed by atoms with Gasteiger partial charge in [-0.25, -0.2) is 8.42 Å². The molecule has 0 radical (unpaired) electrons. The van der Waals surface area contributed by atoms with Crippen molar-refractivity contribution in [1.29, 1.82) is 0 Å². The van der Waals surface area contributed by atoms with E-state index in [1.165, 1.54) is 0 Å². The monoisotopic (exact) mass is 315 g/mol. The van der Waals surface area contributed by atoms with Crippen LogP contribution in [0, 0.1) is 0 Å². The zero-order valence-corrected chi connectivity index (χ0v) is 13.3. The van der Waals surface area contributed by atoms with E-state index in [-0.39, 0.29) is 18.1 Å². The Balaban J connectivity index is 2.47. The Morgan fingerprint density at radius 1 is 1.24 bits per heavy atom. The van der Waals surface area contributed by atoms with Crippen LogP contribution in [-0.4, -0.2) is 47.1 Å². The maximum atomic E-state index is 11.5. The van der Waals surface area contributed by atoms with Gasteiger partial charge in [0.1, 0.15) is 21.3 Å². The Bertz CT molecular complexity index is 583. The van der Waals surface area contributed by atoms with Crippen LogP contribution in [0.1, 0.15) is 12.0 Å². The molecule has 1 amide bonds. The minimum absolute atomic E-state index is 0.0153. The van der Waals surface area contributed by atoms with Crippen LogP contribution < -0.4 is 14.8 Å². The van der Waals surface area contributed by atoms with E-state index in [0.717, 1.165) is 11.8 Å². The van der Waals surface area contributed by atoms with Crippen LogP contribution in [-0.2, 0) is 21.1 Å². The maximum Gasteiger partial charge on any atom is 0.221 e. The van der Waals surface area contributed by atoms with Gasteiger partial charge in [0, 0.05) is 25.3 Å². The van der Waals surface area contributed by atoms with E-state index in [1.807, 2.05) is 12.1 Å². The van der Waals surface area contributed by atoms with Crippen LogP contribution in [0.4, 0.5) is 0 Å². The minimum Gasteiger partial charge on any atom is -0.497 e. The number of carbonyl (C=O) groups is 1. The second-order valence-electron chi connectivity index (χ2n) is 4.66. The second kappa shape index (κ2) is 7.87. The fourth-order valence-electron chi connectivity index (χ4n) is 1.76. The highest BCUT2D eigenvalue weighted by molar-refractivity contribution is 7.90. The third kappa shape index (κ3) is 6.48. The summed E-state index contributed by atoms with van der Waals surface area (Å²) in [6.07, 6.45) is 1.69. The molecule has 1 aromatic carbocycles. The van der Waals surface area contributed by atoms with Crippen molar-refractivity contribution in [2.45, 2.75) is 12.8 Å². The van der Waals surface area contributed by atoms with Crippen molar-refractivity contribution in [3.05, 3.63) is 23.8 Å². The Labute approximate surface area is 125 Å². The number of ether oxygens (including phenoxy) is 2. The van der Waals surface area contributed by atoms with Gasteiger partial charge in [-0.15, -0.1) is 0 Å². The molecule has 0 aromatic heterocycles. The summed E-state index contributed by atoms with van der Waals surface area (Å²) in [5, 5.41) is 2.69. The van der Waals surface area contributed by atoms with E-state index in [0.29, 0.717) is 24.5 Å². The maximum absolute atomic E-state index is 11.5. The Morgan fingerprint density at radius 2 is 1.95 bits per heavy atom. The molecule has 118 valence electrons. The highest BCUT2D eigenvalue weighted by atomic mass is 32.2. The molecule has 0 heterocycles. The van der Waals surface area contributed by atoms with E-state index in [2.05, 4.69) is 5.32 Å². The number of benzene rings is 1. The van der Waals surface area contributed by atoms with Gasteiger partial charge < -0.3 is 14.8 Å². The van der Waals surface area contributed by atoms with Crippen LogP contribution in [0.25, 0.3) is 0 Å². The molecule has 0 aliphatic heterocycles. The molecule has 0 spiro atoms. The fraction of sp³-hybridized carbons (Fsp3) is 0.500. The molecule has 1 N–H and O–H groups in total. The van der Waals surface area contributed by atoms with Gasteiger partial charge in [-0.2, -0.15) is 0 Å². The van der Waals surface area contributed by atoms with Gasteiger partial charge >= 0.3 is 0 Å². The highest BCUT2D eigenvalue weighted by Crippen LogP contribution is 2.24. The molecule has 0 aliphatic carbocycles. The topological polar surface area (TPSA) is 81.7 Å². The summed E-state index contributed by atoms with van der Waals surface area (Å²) in [6.45, 7) is 0.422. The van der Waals surface area contributed by atoms with Gasteiger partial charge in [0.2, 0.25) is 5.91 Å². The summed E-state index contributed by atoms with van der Waals surface area (Å²) in [5.74, 6) is 0.991. The first-order chi connectivity index (χ1) is 9.85. The van der Waals surface area contributed by atoms with Crippen molar-refractivity contribution < 1.29 is 22.7 Å². The second-order valence-corrected chi connectivity index (χ2v) is 6.92. The first kappa shape index (κ1) is 17.3. The molecule has 0 atom stereocenters. The number of sulfone groups is 1. The largest absolute Gasteiger partial charge is 0.497 e. The van der Waals surface area contributed by atoms with Crippen molar-refractivity contribution in [3.8, 4) is 11.5 Å². The quantitative estimate of drug-likeness (QED) is 0.767. The molecule has 7 heteroatoms. The number of nitrogens with one attached hydrogen (secondary N) is 1. The van der Waals surface area contributed by atoms with Crippen LogP contribution in [0.5, 0.6) is 11.5 Å². The van der Waals surface area contributed by atoms with Gasteiger partial charge in [-0.1, -0.05) is 6.07 Å². The molecule has 6 nitrogen and oxygen atoms in total. The Morgan fingerprint density at radius 3 is 2.52 bits per heavy atom. The molecular weight excluding hydrogens is 294 g/mol. The van der Waals surface area contributed by atoms with E-state index in [4.69, 9.17) is 9.47 Å². The lowest BCUT2D eigenvalue weighted by atomic mass is 10.1. The molecule has 1 aromatic rings. The summed E-state index contributed by atoms with van der Waals surface area (Å²) in [4.78, 5) is 11.5. The van der Waals surface area contributed by atoms with Crippen LogP contribution in [0.2, 0.25) is 0 Å². The van der Waals surface area contributed by atoms with E-state index < -0.39 is 9.84 Å².